The van der Waals surface area contributed by atoms with Gasteiger partial charge in [-0.15, -0.1) is 12.4 Å². The lowest BCUT2D eigenvalue weighted by Gasteiger charge is -2.27. The van der Waals surface area contributed by atoms with Crippen LogP contribution in [0.2, 0.25) is 0 Å². The van der Waals surface area contributed by atoms with Gasteiger partial charge in [0.25, 0.3) is 0 Å². The summed E-state index contributed by atoms with van der Waals surface area (Å²) in [5, 5.41) is 6.44. The molecule has 1 unspecified atom stereocenters. The molecule has 1 aromatic carbocycles. The van der Waals surface area contributed by atoms with Gasteiger partial charge in [-0.2, -0.15) is 0 Å². The number of benzene rings is 1. The molecule has 1 aliphatic rings. The van der Waals surface area contributed by atoms with Gasteiger partial charge in [0.15, 0.2) is 0 Å². The highest BCUT2D eigenvalue weighted by atomic mass is 35.5. The quantitative estimate of drug-likeness (QED) is 0.754. The maximum absolute atomic E-state index is 12.3. The van der Waals surface area contributed by atoms with Crippen LogP contribution in [0.4, 0.5) is 0 Å². The molecule has 1 aromatic rings. The Kier molecular flexibility index (Phi) is 9.13. The normalized spacial score (nSPS) is 16.6. The second kappa shape index (κ2) is 10.6. The Hall–Kier alpha value is -1.10. The molecule has 1 amide bonds. The largest absolute Gasteiger partial charge is 0.356 e. The number of nitrogens with zero attached hydrogens (tertiary/aromatic N) is 1. The lowest BCUT2D eigenvalue weighted by Crippen LogP contribution is -2.44. The molecule has 1 fully saturated rings. The molecule has 0 saturated carbocycles. The summed E-state index contributed by atoms with van der Waals surface area (Å²) in [5.74, 6) is 0.134. The van der Waals surface area contributed by atoms with Crippen molar-refractivity contribution >= 4 is 18.3 Å². The molecule has 1 atom stereocenters. The van der Waals surface area contributed by atoms with E-state index in [4.69, 9.17) is 0 Å². The molecule has 0 aliphatic carbocycles. The highest BCUT2D eigenvalue weighted by Crippen LogP contribution is 2.19. The molecule has 0 spiro atoms. The van der Waals surface area contributed by atoms with E-state index in [1.807, 2.05) is 30.3 Å². The Morgan fingerprint density at radius 2 is 1.95 bits per heavy atom. The lowest BCUT2D eigenvalue weighted by molar-refractivity contribution is -0.122. The predicted octanol–water partition coefficient (Wildman–Crippen LogP) is 2.01. The Morgan fingerprint density at radius 1 is 1.27 bits per heavy atom. The van der Waals surface area contributed by atoms with Crippen molar-refractivity contribution in [2.24, 2.45) is 0 Å². The van der Waals surface area contributed by atoms with Crippen LogP contribution in [-0.2, 0) is 4.79 Å². The summed E-state index contributed by atoms with van der Waals surface area (Å²) in [5.41, 5.74) is 1.11. The van der Waals surface area contributed by atoms with Crippen molar-refractivity contribution in [1.29, 1.82) is 0 Å². The minimum absolute atomic E-state index is 0. The number of rotatable bonds is 7. The van der Waals surface area contributed by atoms with Crippen LogP contribution in [0.5, 0.6) is 0 Å². The molecule has 22 heavy (non-hydrogen) atoms. The van der Waals surface area contributed by atoms with E-state index in [0.29, 0.717) is 0 Å². The van der Waals surface area contributed by atoms with Crippen molar-refractivity contribution < 1.29 is 4.79 Å². The third kappa shape index (κ3) is 5.95. The fourth-order valence-corrected chi connectivity index (χ4v) is 2.83. The fourth-order valence-electron chi connectivity index (χ4n) is 2.83. The standard InChI is InChI=1S/C17H27N3O.ClH/c1-2-16(15-7-4-3-5-8-15)17(21)19-9-6-12-20-13-10-18-11-14-20;/h3-5,7-8,16,18H,2,6,9-14H2,1H3,(H,19,21);1H. The molecule has 0 radical (unpaired) electrons. The van der Waals surface area contributed by atoms with Crippen molar-refractivity contribution in [2.45, 2.75) is 25.7 Å². The molecule has 1 aliphatic heterocycles. The third-order valence-electron chi connectivity index (χ3n) is 4.09. The molecule has 2 rings (SSSR count). The average Bonchev–Trinajstić information content (AvgIpc) is 2.54. The number of amides is 1. The fraction of sp³-hybridized carbons (Fsp3) is 0.588. The topological polar surface area (TPSA) is 44.4 Å². The van der Waals surface area contributed by atoms with Crippen LogP contribution in [0.3, 0.4) is 0 Å². The smallest absolute Gasteiger partial charge is 0.227 e. The van der Waals surface area contributed by atoms with E-state index in [2.05, 4.69) is 22.5 Å². The van der Waals surface area contributed by atoms with Crippen molar-refractivity contribution in [2.75, 3.05) is 39.3 Å². The first kappa shape index (κ1) is 18.9. The second-order valence-electron chi connectivity index (χ2n) is 5.61. The van der Waals surface area contributed by atoms with E-state index >= 15 is 0 Å². The number of carbonyl (C=O) groups excluding carboxylic acids is 1. The molecular weight excluding hydrogens is 298 g/mol. The maximum Gasteiger partial charge on any atom is 0.227 e. The highest BCUT2D eigenvalue weighted by Gasteiger charge is 2.17. The van der Waals surface area contributed by atoms with Gasteiger partial charge in [0.1, 0.15) is 0 Å². The first-order valence-corrected chi connectivity index (χ1v) is 8.07. The summed E-state index contributed by atoms with van der Waals surface area (Å²) in [6, 6.07) is 10.1. The molecule has 0 bridgehead atoms. The van der Waals surface area contributed by atoms with Gasteiger partial charge >= 0.3 is 0 Å². The molecule has 0 aromatic heterocycles. The van der Waals surface area contributed by atoms with Gasteiger partial charge < -0.3 is 15.5 Å². The second-order valence-corrected chi connectivity index (χ2v) is 5.61. The first-order valence-electron chi connectivity index (χ1n) is 8.07. The van der Waals surface area contributed by atoms with Gasteiger partial charge in [-0.3, -0.25) is 4.79 Å². The van der Waals surface area contributed by atoms with Crippen molar-refractivity contribution in [3.63, 3.8) is 0 Å². The minimum atomic E-state index is -0.0228. The number of halogens is 1. The van der Waals surface area contributed by atoms with Crippen LogP contribution in [0.15, 0.2) is 30.3 Å². The summed E-state index contributed by atoms with van der Waals surface area (Å²) in [6.45, 7) is 8.32. The van der Waals surface area contributed by atoms with E-state index < -0.39 is 0 Å². The summed E-state index contributed by atoms with van der Waals surface area (Å²) in [6.07, 6.45) is 1.87. The van der Waals surface area contributed by atoms with Gasteiger partial charge in [-0.1, -0.05) is 37.3 Å². The Labute approximate surface area is 140 Å². The number of hydrogen-bond acceptors (Lipinski definition) is 3. The minimum Gasteiger partial charge on any atom is -0.356 e. The highest BCUT2D eigenvalue weighted by molar-refractivity contribution is 5.85. The van der Waals surface area contributed by atoms with E-state index in [1.54, 1.807) is 0 Å². The van der Waals surface area contributed by atoms with Gasteiger partial charge in [0.05, 0.1) is 5.92 Å². The van der Waals surface area contributed by atoms with Gasteiger partial charge in [0.2, 0.25) is 5.91 Å². The van der Waals surface area contributed by atoms with Crippen LogP contribution < -0.4 is 10.6 Å². The zero-order valence-corrected chi connectivity index (χ0v) is 14.2. The van der Waals surface area contributed by atoms with Crippen LogP contribution in [-0.4, -0.2) is 50.1 Å². The van der Waals surface area contributed by atoms with E-state index in [9.17, 15) is 4.79 Å². The van der Waals surface area contributed by atoms with Gasteiger partial charge in [0, 0.05) is 32.7 Å². The summed E-state index contributed by atoms with van der Waals surface area (Å²) in [4.78, 5) is 14.7. The summed E-state index contributed by atoms with van der Waals surface area (Å²) >= 11 is 0. The third-order valence-corrected chi connectivity index (χ3v) is 4.09. The first-order chi connectivity index (χ1) is 10.3. The molecule has 124 valence electrons. The number of carbonyl (C=O) groups is 1. The zero-order chi connectivity index (χ0) is 14.9. The van der Waals surface area contributed by atoms with Crippen molar-refractivity contribution in [1.82, 2.24) is 15.5 Å². The molecule has 1 saturated heterocycles. The van der Waals surface area contributed by atoms with Crippen LogP contribution in [0.25, 0.3) is 0 Å². The van der Waals surface area contributed by atoms with Crippen LogP contribution >= 0.6 is 12.4 Å². The SMILES string of the molecule is CCC(C(=O)NCCCN1CCNCC1)c1ccccc1.Cl. The summed E-state index contributed by atoms with van der Waals surface area (Å²) < 4.78 is 0. The Bertz CT molecular complexity index is 421. The molecule has 1 heterocycles. The van der Waals surface area contributed by atoms with Gasteiger partial charge in [-0.25, -0.2) is 0 Å². The van der Waals surface area contributed by atoms with Crippen molar-refractivity contribution in [3.8, 4) is 0 Å². The molecule has 4 nitrogen and oxygen atoms in total. The predicted molar refractivity (Wildman–Crippen MR) is 93.7 cm³/mol. The zero-order valence-electron chi connectivity index (χ0n) is 13.4. The van der Waals surface area contributed by atoms with E-state index in [-0.39, 0.29) is 24.2 Å². The monoisotopic (exact) mass is 325 g/mol. The van der Waals surface area contributed by atoms with E-state index in [1.165, 1.54) is 0 Å². The van der Waals surface area contributed by atoms with Crippen LogP contribution in [0, 0.1) is 0 Å². The number of nitrogens with one attached hydrogen (secondary N) is 2. The molecule has 2 N–H and O–H groups in total. The molecular formula is C17H28ClN3O. The van der Waals surface area contributed by atoms with Crippen molar-refractivity contribution in [3.05, 3.63) is 35.9 Å². The average molecular weight is 326 g/mol. The number of hydrogen-bond donors (Lipinski definition) is 2. The number of piperazine rings is 1. The Balaban J connectivity index is 0.00000242. The lowest BCUT2D eigenvalue weighted by atomic mass is 9.96. The van der Waals surface area contributed by atoms with Crippen LogP contribution in [0.1, 0.15) is 31.2 Å². The Morgan fingerprint density at radius 3 is 2.59 bits per heavy atom. The van der Waals surface area contributed by atoms with E-state index in [0.717, 1.165) is 57.7 Å². The maximum atomic E-state index is 12.3. The molecule has 5 heteroatoms. The summed E-state index contributed by atoms with van der Waals surface area (Å²) in [7, 11) is 0. The van der Waals surface area contributed by atoms with Gasteiger partial charge in [-0.05, 0) is 24.9 Å².